The summed E-state index contributed by atoms with van der Waals surface area (Å²) in [6.45, 7) is 1.94. The Morgan fingerprint density at radius 1 is 1.11 bits per heavy atom. The fourth-order valence-corrected chi connectivity index (χ4v) is 3.94. The van der Waals surface area contributed by atoms with E-state index in [1.807, 2.05) is 17.0 Å². The summed E-state index contributed by atoms with van der Waals surface area (Å²) in [5, 5.41) is 4.20. The van der Waals surface area contributed by atoms with E-state index >= 15 is 0 Å². The van der Waals surface area contributed by atoms with E-state index < -0.39 is 0 Å². The molecule has 0 aliphatic carbocycles. The van der Waals surface area contributed by atoms with Crippen LogP contribution in [-0.2, 0) is 6.42 Å². The van der Waals surface area contributed by atoms with Crippen LogP contribution in [0.5, 0.6) is 0 Å². The SMILES string of the molecule is O=C(NCCc1ccccc1F)N1CCC(c2c[nH]c3ccccc23)CC1. The van der Waals surface area contributed by atoms with Crippen molar-refractivity contribution in [3.05, 3.63) is 71.7 Å². The van der Waals surface area contributed by atoms with Gasteiger partial charge in [0.2, 0.25) is 0 Å². The predicted molar refractivity (Wildman–Crippen MR) is 105 cm³/mol. The average Bonchev–Trinajstić information content (AvgIpc) is 3.14. The number of hydrogen-bond acceptors (Lipinski definition) is 1. The lowest BCUT2D eigenvalue weighted by Gasteiger charge is -2.32. The van der Waals surface area contributed by atoms with E-state index in [2.05, 4.69) is 34.7 Å². The van der Waals surface area contributed by atoms with Gasteiger partial charge in [0.15, 0.2) is 0 Å². The van der Waals surface area contributed by atoms with Gasteiger partial charge in [-0.05, 0) is 48.4 Å². The van der Waals surface area contributed by atoms with Crippen LogP contribution in [0.25, 0.3) is 10.9 Å². The number of carbonyl (C=O) groups excluding carboxylic acids is 1. The molecular weight excluding hydrogens is 341 g/mol. The largest absolute Gasteiger partial charge is 0.361 e. The third kappa shape index (κ3) is 3.82. The highest BCUT2D eigenvalue weighted by Gasteiger charge is 2.25. The molecule has 0 saturated carbocycles. The normalized spacial score (nSPS) is 15.2. The lowest BCUT2D eigenvalue weighted by Crippen LogP contribution is -2.44. The summed E-state index contributed by atoms with van der Waals surface area (Å²) in [7, 11) is 0. The van der Waals surface area contributed by atoms with E-state index in [9.17, 15) is 9.18 Å². The molecule has 0 atom stereocenters. The van der Waals surface area contributed by atoms with Crippen LogP contribution in [-0.4, -0.2) is 35.5 Å². The maximum absolute atomic E-state index is 13.6. The van der Waals surface area contributed by atoms with Crippen LogP contribution in [0.2, 0.25) is 0 Å². The average molecular weight is 365 g/mol. The first kappa shape index (κ1) is 17.6. The van der Waals surface area contributed by atoms with Crippen molar-refractivity contribution in [2.45, 2.75) is 25.2 Å². The summed E-state index contributed by atoms with van der Waals surface area (Å²) in [6.07, 6.45) is 4.54. The molecule has 27 heavy (non-hydrogen) atoms. The number of urea groups is 1. The third-order valence-electron chi connectivity index (χ3n) is 5.47. The molecule has 1 aliphatic rings. The number of H-pyrrole nitrogens is 1. The lowest BCUT2D eigenvalue weighted by atomic mass is 9.89. The van der Waals surface area contributed by atoms with E-state index in [0.717, 1.165) is 25.9 Å². The number of rotatable bonds is 4. The van der Waals surface area contributed by atoms with Gasteiger partial charge in [-0.1, -0.05) is 36.4 Å². The first-order chi connectivity index (χ1) is 13.2. The number of fused-ring (bicyclic) bond motifs is 1. The maximum atomic E-state index is 13.6. The van der Waals surface area contributed by atoms with Crippen LogP contribution in [0.1, 0.15) is 29.9 Å². The molecule has 1 fully saturated rings. The number of para-hydroxylation sites is 1. The smallest absolute Gasteiger partial charge is 0.317 e. The van der Waals surface area contributed by atoms with E-state index in [4.69, 9.17) is 0 Å². The fraction of sp³-hybridized carbons (Fsp3) is 0.318. The number of aromatic amines is 1. The quantitative estimate of drug-likeness (QED) is 0.706. The molecule has 4 nitrogen and oxygen atoms in total. The van der Waals surface area contributed by atoms with Gasteiger partial charge in [0.1, 0.15) is 5.82 Å². The van der Waals surface area contributed by atoms with Gasteiger partial charge in [-0.25, -0.2) is 9.18 Å². The molecule has 0 spiro atoms. The third-order valence-corrected chi connectivity index (χ3v) is 5.47. The summed E-state index contributed by atoms with van der Waals surface area (Å²) in [5.74, 6) is 0.259. The highest BCUT2D eigenvalue weighted by atomic mass is 19.1. The molecular formula is C22H24FN3O. The van der Waals surface area contributed by atoms with Crippen molar-refractivity contribution in [1.29, 1.82) is 0 Å². The van der Waals surface area contributed by atoms with Gasteiger partial charge in [-0.3, -0.25) is 0 Å². The number of amides is 2. The maximum Gasteiger partial charge on any atom is 0.317 e. The number of aromatic nitrogens is 1. The van der Waals surface area contributed by atoms with Crippen LogP contribution >= 0.6 is 0 Å². The Labute approximate surface area is 158 Å². The van der Waals surface area contributed by atoms with Crippen molar-refractivity contribution >= 4 is 16.9 Å². The summed E-state index contributed by atoms with van der Waals surface area (Å²) in [4.78, 5) is 17.6. The Kier molecular flexibility index (Phi) is 5.10. The van der Waals surface area contributed by atoms with Gasteiger partial charge in [-0.2, -0.15) is 0 Å². The lowest BCUT2D eigenvalue weighted by molar-refractivity contribution is 0.181. The Morgan fingerprint density at radius 3 is 2.67 bits per heavy atom. The number of benzene rings is 2. The van der Waals surface area contributed by atoms with Crippen molar-refractivity contribution in [3.8, 4) is 0 Å². The fourth-order valence-electron chi connectivity index (χ4n) is 3.94. The molecule has 2 aromatic carbocycles. The van der Waals surface area contributed by atoms with Crippen molar-refractivity contribution < 1.29 is 9.18 Å². The van der Waals surface area contributed by atoms with E-state index in [-0.39, 0.29) is 11.8 Å². The van der Waals surface area contributed by atoms with Crippen LogP contribution < -0.4 is 5.32 Å². The van der Waals surface area contributed by atoms with E-state index in [1.54, 1.807) is 12.1 Å². The summed E-state index contributed by atoms with van der Waals surface area (Å²) in [6, 6.07) is 15.0. The van der Waals surface area contributed by atoms with Gasteiger partial charge in [0.05, 0.1) is 0 Å². The molecule has 5 heteroatoms. The van der Waals surface area contributed by atoms with Crippen LogP contribution in [0.4, 0.5) is 9.18 Å². The number of hydrogen-bond donors (Lipinski definition) is 2. The first-order valence-corrected chi connectivity index (χ1v) is 9.54. The second kappa shape index (κ2) is 7.82. The number of likely N-dealkylation sites (tertiary alicyclic amines) is 1. The van der Waals surface area contributed by atoms with Gasteiger partial charge in [0.25, 0.3) is 0 Å². The van der Waals surface area contributed by atoms with E-state index in [1.165, 1.54) is 22.5 Å². The molecule has 2 heterocycles. The number of nitrogens with one attached hydrogen (secondary N) is 2. The Bertz CT molecular complexity index is 928. The summed E-state index contributed by atoms with van der Waals surface area (Å²) < 4.78 is 13.6. The second-order valence-electron chi connectivity index (χ2n) is 7.12. The van der Waals surface area contributed by atoms with Crippen molar-refractivity contribution in [2.75, 3.05) is 19.6 Å². The highest BCUT2D eigenvalue weighted by molar-refractivity contribution is 5.83. The van der Waals surface area contributed by atoms with Crippen LogP contribution in [0, 0.1) is 5.82 Å². The zero-order valence-electron chi connectivity index (χ0n) is 15.2. The number of piperidine rings is 1. The van der Waals surface area contributed by atoms with Crippen molar-refractivity contribution in [1.82, 2.24) is 15.2 Å². The van der Waals surface area contributed by atoms with E-state index in [0.29, 0.717) is 24.4 Å². The molecule has 0 unspecified atom stereocenters. The van der Waals surface area contributed by atoms with Crippen LogP contribution in [0.3, 0.4) is 0 Å². The highest BCUT2D eigenvalue weighted by Crippen LogP contribution is 2.33. The van der Waals surface area contributed by atoms with Crippen molar-refractivity contribution in [2.24, 2.45) is 0 Å². The Morgan fingerprint density at radius 2 is 1.85 bits per heavy atom. The van der Waals surface area contributed by atoms with Gasteiger partial charge in [0, 0.05) is 36.7 Å². The summed E-state index contributed by atoms with van der Waals surface area (Å²) in [5.41, 5.74) is 3.15. The number of nitrogens with zero attached hydrogens (tertiary/aromatic N) is 1. The molecule has 2 amide bonds. The molecule has 0 bridgehead atoms. The van der Waals surface area contributed by atoms with Crippen LogP contribution in [0.15, 0.2) is 54.7 Å². The molecule has 3 aromatic rings. The zero-order chi connectivity index (χ0) is 18.6. The minimum Gasteiger partial charge on any atom is -0.361 e. The number of halogens is 1. The molecule has 1 saturated heterocycles. The number of carbonyl (C=O) groups is 1. The molecule has 1 aromatic heterocycles. The standard InChI is InChI=1S/C22H24FN3O/c23-20-7-3-1-5-17(20)9-12-24-22(27)26-13-10-16(11-14-26)19-15-25-21-8-4-2-6-18(19)21/h1-8,15-16,25H,9-14H2,(H,24,27). The monoisotopic (exact) mass is 365 g/mol. The van der Waals surface area contributed by atoms with Gasteiger partial charge >= 0.3 is 6.03 Å². The van der Waals surface area contributed by atoms with Crippen molar-refractivity contribution in [3.63, 3.8) is 0 Å². The Balaban J connectivity index is 1.28. The predicted octanol–water partition coefficient (Wildman–Crippen LogP) is 4.44. The first-order valence-electron chi connectivity index (χ1n) is 9.54. The summed E-state index contributed by atoms with van der Waals surface area (Å²) >= 11 is 0. The molecule has 0 radical (unpaired) electrons. The molecule has 140 valence electrons. The molecule has 2 N–H and O–H groups in total. The molecule has 4 rings (SSSR count). The zero-order valence-corrected chi connectivity index (χ0v) is 15.2. The van der Waals surface area contributed by atoms with Gasteiger partial charge < -0.3 is 15.2 Å². The topological polar surface area (TPSA) is 48.1 Å². The Hall–Kier alpha value is -2.82. The minimum absolute atomic E-state index is 0.0521. The minimum atomic E-state index is -0.216. The molecule has 1 aliphatic heterocycles. The van der Waals surface area contributed by atoms with Gasteiger partial charge in [-0.15, -0.1) is 0 Å². The second-order valence-corrected chi connectivity index (χ2v) is 7.12.